The molecule has 0 aliphatic carbocycles. The van der Waals surface area contributed by atoms with Gasteiger partial charge in [0.25, 0.3) is 10.0 Å². The number of aliphatic carboxylic acids is 1. The van der Waals surface area contributed by atoms with Crippen molar-refractivity contribution in [3.8, 4) is 11.1 Å². The zero-order chi connectivity index (χ0) is 23.3. The van der Waals surface area contributed by atoms with Crippen molar-refractivity contribution in [2.75, 3.05) is 4.72 Å². The van der Waals surface area contributed by atoms with Crippen molar-refractivity contribution in [2.45, 2.75) is 17.7 Å². The number of halogens is 1. The zero-order valence-corrected chi connectivity index (χ0v) is 17.6. The van der Waals surface area contributed by atoms with Gasteiger partial charge in [-0.1, -0.05) is 24.3 Å². The van der Waals surface area contributed by atoms with Gasteiger partial charge < -0.3 is 16.6 Å². The van der Waals surface area contributed by atoms with Crippen LogP contribution in [0.25, 0.3) is 11.1 Å². The number of benzene rings is 3. The van der Waals surface area contributed by atoms with Crippen LogP contribution in [-0.4, -0.2) is 25.5 Å². The average Bonchev–Trinajstić information content (AvgIpc) is 2.72. The molecule has 0 bridgehead atoms. The quantitative estimate of drug-likeness (QED) is 0.302. The fourth-order valence-corrected chi connectivity index (χ4v) is 4.12. The van der Waals surface area contributed by atoms with Gasteiger partial charge in [0.15, 0.2) is 5.96 Å². The first-order valence-electron chi connectivity index (χ1n) is 9.47. The summed E-state index contributed by atoms with van der Waals surface area (Å²) in [6.45, 7) is 0. The van der Waals surface area contributed by atoms with E-state index in [1.54, 1.807) is 24.3 Å². The first kappa shape index (κ1) is 22.8. The summed E-state index contributed by atoms with van der Waals surface area (Å²) in [6, 6.07) is 16.4. The number of carbonyl (C=O) groups is 1. The Labute approximate surface area is 184 Å². The number of hydrogen-bond acceptors (Lipinski definition) is 4. The Hall–Kier alpha value is -3.92. The van der Waals surface area contributed by atoms with E-state index in [9.17, 15) is 17.6 Å². The molecule has 8 nitrogen and oxygen atoms in total. The fourth-order valence-electron chi connectivity index (χ4n) is 3.03. The number of anilines is 1. The average molecular weight is 456 g/mol. The monoisotopic (exact) mass is 456 g/mol. The Morgan fingerprint density at radius 2 is 1.78 bits per heavy atom. The maximum atomic E-state index is 14.4. The molecule has 0 amide bonds. The van der Waals surface area contributed by atoms with E-state index in [-0.39, 0.29) is 40.6 Å². The number of carboxylic acids is 1. The number of nitrogens with one attached hydrogen (secondary N) is 1. The number of aryl methyl sites for hydroxylation is 1. The smallest absolute Gasteiger partial charge is 0.303 e. The van der Waals surface area contributed by atoms with Gasteiger partial charge in [-0.25, -0.2) is 17.8 Å². The first-order valence-corrected chi connectivity index (χ1v) is 11.0. The van der Waals surface area contributed by atoms with Crippen molar-refractivity contribution in [3.63, 3.8) is 0 Å². The lowest BCUT2D eigenvalue weighted by Crippen LogP contribution is -2.22. The van der Waals surface area contributed by atoms with Crippen LogP contribution in [0.5, 0.6) is 0 Å². The van der Waals surface area contributed by atoms with E-state index in [2.05, 4.69) is 9.71 Å². The van der Waals surface area contributed by atoms with E-state index in [1.807, 2.05) is 0 Å². The van der Waals surface area contributed by atoms with Crippen LogP contribution in [-0.2, 0) is 21.2 Å². The summed E-state index contributed by atoms with van der Waals surface area (Å²) in [5, 5.41) is 8.86. The molecule has 32 heavy (non-hydrogen) atoms. The summed E-state index contributed by atoms with van der Waals surface area (Å²) in [6.07, 6.45) is 0.172. The number of nitrogens with two attached hydrogens (primary N) is 2. The van der Waals surface area contributed by atoms with Gasteiger partial charge in [0.1, 0.15) is 5.82 Å². The third kappa shape index (κ3) is 5.82. The van der Waals surface area contributed by atoms with Crippen molar-refractivity contribution in [2.24, 2.45) is 16.5 Å². The molecule has 0 unspecified atom stereocenters. The van der Waals surface area contributed by atoms with Crippen molar-refractivity contribution in [1.82, 2.24) is 0 Å². The maximum Gasteiger partial charge on any atom is 0.303 e. The molecule has 0 spiro atoms. The SMILES string of the molecule is NC(N)=Nc1cccc(S(=O)(=O)Nc2cccc(-c3cc(CCC(=O)O)ccc3F)c2)c1. The van der Waals surface area contributed by atoms with E-state index in [1.165, 1.54) is 42.5 Å². The topological polar surface area (TPSA) is 148 Å². The molecule has 0 heterocycles. The normalized spacial score (nSPS) is 11.0. The van der Waals surface area contributed by atoms with Gasteiger partial charge in [0.05, 0.1) is 10.6 Å². The minimum atomic E-state index is -3.97. The lowest BCUT2D eigenvalue weighted by molar-refractivity contribution is -0.136. The molecular formula is C22H21FN4O4S. The standard InChI is InChI=1S/C22H21FN4O4S/c23-20-9-7-14(8-10-21(28)29)11-19(20)15-3-1-5-17(12-15)27-32(30,31)18-6-2-4-16(13-18)26-22(24)25/h1-7,9,11-13,27H,8,10H2,(H,28,29)(H4,24,25,26). The Kier molecular flexibility index (Phi) is 6.74. The lowest BCUT2D eigenvalue weighted by Gasteiger charge is -2.11. The van der Waals surface area contributed by atoms with Gasteiger partial charge in [-0.15, -0.1) is 0 Å². The molecule has 0 atom stereocenters. The second kappa shape index (κ2) is 9.48. The van der Waals surface area contributed by atoms with Gasteiger partial charge in [-0.05, 0) is 60.0 Å². The van der Waals surface area contributed by atoms with Crippen LogP contribution in [0, 0.1) is 5.82 Å². The number of guanidine groups is 1. The molecule has 166 valence electrons. The third-order valence-corrected chi connectivity index (χ3v) is 5.85. The highest BCUT2D eigenvalue weighted by molar-refractivity contribution is 7.92. The summed E-state index contributed by atoms with van der Waals surface area (Å²) in [5.41, 5.74) is 12.5. The maximum absolute atomic E-state index is 14.4. The first-order chi connectivity index (χ1) is 15.1. The number of sulfonamides is 1. The van der Waals surface area contributed by atoms with Crippen molar-refractivity contribution in [1.29, 1.82) is 0 Å². The van der Waals surface area contributed by atoms with Crippen molar-refractivity contribution >= 4 is 33.3 Å². The molecule has 0 saturated carbocycles. The summed E-state index contributed by atoms with van der Waals surface area (Å²) < 4.78 is 42.5. The van der Waals surface area contributed by atoms with Crippen LogP contribution in [0.3, 0.4) is 0 Å². The summed E-state index contributed by atoms with van der Waals surface area (Å²) in [4.78, 5) is 14.6. The summed E-state index contributed by atoms with van der Waals surface area (Å²) in [7, 11) is -3.97. The van der Waals surface area contributed by atoms with E-state index in [0.29, 0.717) is 11.1 Å². The molecule has 3 rings (SSSR count). The molecule has 0 aliphatic rings. The molecule has 10 heteroatoms. The molecule has 3 aromatic rings. The molecular weight excluding hydrogens is 435 g/mol. The molecule has 3 aromatic carbocycles. The van der Waals surface area contributed by atoms with Gasteiger partial charge >= 0.3 is 5.97 Å². The van der Waals surface area contributed by atoms with Crippen LogP contribution in [0.15, 0.2) is 76.6 Å². The Morgan fingerprint density at radius 1 is 1.03 bits per heavy atom. The molecule has 0 saturated heterocycles. The summed E-state index contributed by atoms with van der Waals surface area (Å²) in [5.74, 6) is -1.65. The Bertz CT molecular complexity index is 1290. The van der Waals surface area contributed by atoms with Crippen LogP contribution in [0.2, 0.25) is 0 Å². The van der Waals surface area contributed by atoms with Gasteiger partial charge in [-0.3, -0.25) is 9.52 Å². The highest BCUT2D eigenvalue weighted by Crippen LogP contribution is 2.28. The minimum Gasteiger partial charge on any atom is -0.481 e. The molecule has 6 N–H and O–H groups in total. The number of carboxylic acid groups (broad SMARTS) is 1. The predicted octanol–water partition coefficient (Wildman–Crippen LogP) is 3.22. The zero-order valence-electron chi connectivity index (χ0n) is 16.8. The predicted molar refractivity (Wildman–Crippen MR) is 121 cm³/mol. The van der Waals surface area contributed by atoms with Gasteiger partial charge in [0.2, 0.25) is 0 Å². The highest BCUT2D eigenvalue weighted by atomic mass is 32.2. The molecule has 0 radical (unpaired) electrons. The van der Waals surface area contributed by atoms with Crippen LogP contribution >= 0.6 is 0 Å². The lowest BCUT2D eigenvalue weighted by atomic mass is 10.00. The van der Waals surface area contributed by atoms with Gasteiger partial charge in [-0.2, -0.15) is 0 Å². The van der Waals surface area contributed by atoms with Crippen molar-refractivity contribution < 1.29 is 22.7 Å². The number of rotatable bonds is 8. The van der Waals surface area contributed by atoms with Crippen LogP contribution < -0.4 is 16.2 Å². The van der Waals surface area contributed by atoms with E-state index >= 15 is 0 Å². The minimum absolute atomic E-state index is 0.0488. The van der Waals surface area contributed by atoms with E-state index in [0.717, 1.165) is 0 Å². The van der Waals surface area contributed by atoms with E-state index < -0.39 is 21.8 Å². The van der Waals surface area contributed by atoms with Crippen molar-refractivity contribution in [3.05, 3.63) is 78.1 Å². The van der Waals surface area contributed by atoms with Crippen LogP contribution in [0.1, 0.15) is 12.0 Å². The molecule has 0 aromatic heterocycles. The third-order valence-electron chi connectivity index (χ3n) is 4.47. The number of nitrogens with zero attached hydrogens (tertiary/aromatic N) is 1. The Morgan fingerprint density at radius 3 is 2.50 bits per heavy atom. The van der Waals surface area contributed by atoms with Crippen LogP contribution in [0.4, 0.5) is 15.8 Å². The Balaban J connectivity index is 1.89. The highest BCUT2D eigenvalue weighted by Gasteiger charge is 2.16. The molecule has 0 fully saturated rings. The second-order valence-corrected chi connectivity index (χ2v) is 8.61. The largest absolute Gasteiger partial charge is 0.481 e. The number of aliphatic imine (C=N–C) groups is 1. The second-order valence-electron chi connectivity index (χ2n) is 6.93. The van der Waals surface area contributed by atoms with E-state index in [4.69, 9.17) is 16.6 Å². The number of hydrogen-bond donors (Lipinski definition) is 4. The fraction of sp³-hybridized carbons (Fsp3) is 0.0909. The summed E-state index contributed by atoms with van der Waals surface area (Å²) >= 11 is 0. The van der Waals surface area contributed by atoms with Gasteiger partial charge in [0, 0.05) is 17.7 Å². The molecule has 0 aliphatic heterocycles.